The number of aliphatic carboxylic acids is 2. The van der Waals surface area contributed by atoms with E-state index < -0.39 is 22.8 Å². The summed E-state index contributed by atoms with van der Waals surface area (Å²) < 4.78 is 0. The highest BCUT2D eigenvalue weighted by atomic mass is 16.4. The molecule has 0 aliphatic carbocycles. The number of hydrogen-bond donors (Lipinski definition) is 2. The summed E-state index contributed by atoms with van der Waals surface area (Å²) in [5, 5.41) is 18.4. The van der Waals surface area contributed by atoms with E-state index in [1.165, 1.54) is 0 Å². The lowest BCUT2D eigenvalue weighted by Crippen LogP contribution is -2.54. The molecule has 0 unspecified atom stereocenters. The van der Waals surface area contributed by atoms with E-state index >= 15 is 0 Å². The first kappa shape index (κ1) is 18.9. The number of carboxylic acid groups (broad SMARTS) is 2. The second kappa shape index (κ2) is 5.38. The van der Waals surface area contributed by atoms with Gasteiger partial charge in [-0.05, 0) is 36.5 Å². The minimum Gasteiger partial charge on any atom is -0.481 e. The maximum Gasteiger partial charge on any atom is 0.309 e. The molecule has 0 rings (SSSR count). The number of rotatable bonds is 7. The van der Waals surface area contributed by atoms with E-state index in [1.54, 1.807) is 13.8 Å². The van der Waals surface area contributed by atoms with Crippen molar-refractivity contribution in [2.45, 2.75) is 68.2 Å². The zero-order valence-corrected chi connectivity index (χ0v) is 14.1. The van der Waals surface area contributed by atoms with Gasteiger partial charge in [0.05, 0.1) is 5.41 Å². The average molecular weight is 286 g/mol. The molecule has 118 valence electrons. The van der Waals surface area contributed by atoms with Crippen LogP contribution < -0.4 is 0 Å². The summed E-state index contributed by atoms with van der Waals surface area (Å²) >= 11 is 0. The van der Waals surface area contributed by atoms with Crippen molar-refractivity contribution in [2.75, 3.05) is 0 Å². The van der Waals surface area contributed by atoms with Crippen molar-refractivity contribution in [1.82, 2.24) is 0 Å². The van der Waals surface area contributed by atoms with E-state index in [2.05, 4.69) is 0 Å². The van der Waals surface area contributed by atoms with E-state index in [4.69, 9.17) is 5.11 Å². The van der Waals surface area contributed by atoms with Crippen LogP contribution in [0.1, 0.15) is 68.2 Å². The Morgan fingerprint density at radius 1 is 0.800 bits per heavy atom. The first-order valence-corrected chi connectivity index (χ1v) is 7.06. The molecule has 0 saturated carbocycles. The molecule has 0 radical (unpaired) electrons. The number of carbonyl (C=O) groups is 2. The predicted molar refractivity (Wildman–Crippen MR) is 79.6 cm³/mol. The molecule has 0 spiro atoms. The Bertz CT molecular complexity index is 389. The molecule has 0 aromatic carbocycles. The smallest absolute Gasteiger partial charge is 0.309 e. The molecule has 0 aliphatic heterocycles. The second-order valence-electron chi connectivity index (χ2n) is 7.96. The summed E-state index contributed by atoms with van der Waals surface area (Å²) in [6.07, 6.45) is 0.620. The predicted octanol–water partition coefficient (Wildman–Crippen LogP) is 4.04. The van der Waals surface area contributed by atoms with Crippen molar-refractivity contribution in [3.05, 3.63) is 0 Å². The molecule has 4 nitrogen and oxygen atoms in total. The SMILES string of the molecule is CC(C)(CCC(=O)O)C(C)(C)C(C)(C)C(C)(C)C(=O)O. The molecule has 0 fully saturated rings. The molecule has 20 heavy (non-hydrogen) atoms. The van der Waals surface area contributed by atoms with E-state index in [-0.39, 0.29) is 17.3 Å². The summed E-state index contributed by atoms with van der Waals surface area (Å²) in [7, 11) is 0. The molecular formula is C16H30O4. The van der Waals surface area contributed by atoms with Crippen molar-refractivity contribution in [3.8, 4) is 0 Å². The van der Waals surface area contributed by atoms with Gasteiger partial charge in [-0.25, -0.2) is 0 Å². The van der Waals surface area contributed by atoms with Gasteiger partial charge in [0.1, 0.15) is 0 Å². The molecule has 0 aromatic heterocycles. The van der Waals surface area contributed by atoms with Crippen LogP contribution in [0.5, 0.6) is 0 Å². The Morgan fingerprint density at radius 3 is 1.50 bits per heavy atom. The van der Waals surface area contributed by atoms with Gasteiger partial charge < -0.3 is 10.2 Å². The van der Waals surface area contributed by atoms with E-state index in [0.29, 0.717) is 6.42 Å². The first-order valence-electron chi connectivity index (χ1n) is 7.06. The molecule has 0 amide bonds. The zero-order chi connectivity index (χ0) is 16.6. The van der Waals surface area contributed by atoms with Crippen LogP contribution in [0.4, 0.5) is 0 Å². The highest BCUT2D eigenvalue weighted by Crippen LogP contribution is 2.60. The third-order valence-corrected chi connectivity index (χ3v) is 6.32. The van der Waals surface area contributed by atoms with Gasteiger partial charge in [-0.1, -0.05) is 41.5 Å². The molecule has 0 aromatic rings. The number of hydrogen-bond acceptors (Lipinski definition) is 2. The molecule has 0 heterocycles. The highest BCUT2D eigenvalue weighted by Gasteiger charge is 2.57. The van der Waals surface area contributed by atoms with Crippen LogP contribution in [-0.4, -0.2) is 22.2 Å². The summed E-state index contributed by atoms with van der Waals surface area (Å²) in [5.74, 6) is -1.64. The van der Waals surface area contributed by atoms with Gasteiger partial charge in [0.25, 0.3) is 0 Å². The fourth-order valence-corrected chi connectivity index (χ4v) is 2.63. The van der Waals surface area contributed by atoms with E-state index in [0.717, 1.165) is 0 Å². The Hall–Kier alpha value is -1.06. The quantitative estimate of drug-likeness (QED) is 0.740. The van der Waals surface area contributed by atoms with Crippen molar-refractivity contribution in [1.29, 1.82) is 0 Å². The van der Waals surface area contributed by atoms with Gasteiger partial charge in [-0.3, -0.25) is 9.59 Å². The zero-order valence-electron chi connectivity index (χ0n) is 14.1. The summed E-state index contributed by atoms with van der Waals surface area (Å²) in [6.45, 7) is 15.5. The lowest BCUT2D eigenvalue weighted by atomic mass is 9.46. The Labute approximate surface area is 122 Å². The van der Waals surface area contributed by atoms with Gasteiger partial charge in [0, 0.05) is 6.42 Å². The van der Waals surface area contributed by atoms with E-state index in [1.807, 2.05) is 41.5 Å². The van der Waals surface area contributed by atoms with Crippen LogP contribution in [0, 0.1) is 21.7 Å². The lowest BCUT2D eigenvalue weighted by Gasteiger charge is -2.57. The van der Waals surface area contributed by atoms with Crippen LogP contribution in [0.15, 0.2) is 0 Å². The fraction of sp³-hybridized carbons (Fsp3) is 0.875. The highest BCUT2D eigenvalue weighted by molar-refractivity contribution is 5.75. The topological polar surface area (TPSA) is 74.6 Å². The maximum absolute atomic E-state index is 11.6. The van der Waals surface area contributed by atoms with Crippen LogP contribution in [0.2, 0.25) is 0 Å². The van der Waals surface area contributed by atoms with Gasteiger partial charge in [0.15, 0.2) is 0 Å². The maximum atomic E-state index is 11.6. The molecule has 2 N–H and O–H groups in total. The fourth-order valence-electron chi connectivity index (χ4n) is 2.63. The van der Waals surface area contributed by atoms with Crippen molar-refractivity contribution >= 4 is 11.9 Å². The molecular weight excluding hydrogens is 256 g/mol. The summed E-state index contributed by atoms with van der Waals surface area (Å²) in [5.41, 5.74) is -2.05. The Balaban J connectivity index is 5.59. The summed E-state index contributed by atoms with van der Waals surface area (Å²) in [4.78, 5) is 22.4. The van der Waals surface area contributed by atoms with Gasteiger partial charge in [-0.15, -0.1) is 0 Å². The largest absolute Gasteiger partial charge is 0.481 e. The van der Waals surface area contributed by atoms with Crippen LogP contribution in [0.25, 0.3) is 0 Å². The van der Waals surface area contributed by atoms with Gasteiger partial charge in [-0.2, -0.15) is 0 Å². The van der Waals surface area contributed by atoms with Gasteiger partial charge >= 0.3 is 11.9 Å². The van der Waals surface area contributed by atoms with E-state index in [9.17, 15) is 14.7 Å². The molecule has 0 saturated heterocycles. The standard InChI is InChI=1S/C16H30O4/c1-13(2,10-9-11(17)18)15(5,6)16(7,8)14(3,4)12(19)20/h9-10H2,1-8H3,(H,17,18)(H,19,20). The third-order valence-electron chi connectivity index (χ3n) is 6.32. The average Bonchev–Trinajstić information content (AvgIpc) is 2.25. The monoisotopic (exact) mass is 286 g/mol. The summed E-state index contributed by atoms with van der Waals surface area (Å²) in [6, 6.07) is 0. The Morgan fingerprint density at radius 2 is 1.20 bits per heavy atom. The molecule has 0 atom stereocenters. The minimum absolute atomic E-state index is 0.0972. The van der Waals surface area contributed by atoms with Gasteiger partial charge in [0.2, 0.25) is 0 Å². The van der Waals surface area contributed by atoms with Crippen molar-refractivity contribution in [2.24, 2.45) is 21.7 Å². The minimum atomic E-state index is -0.906. The Kier molecular flexibility index (Phi) is 5.09. The number of carboxylic acids is 2. The first-order chi connectivity index (χ1) is 8.61. The third kappa shape index (κ3) is 2.99. The second-order valence-corrected chi connectivity index (χ2v) is 7.96. The van der Waals surface area contributed by atoms with Crippen molar-refractivity contribution < 1.29 is 19.8 Å². The normalized spacial score (nSPS) is 14.2. The van der Waals surface area contributed by atoms with Crippen LogP contribution in [0.3, 0.4) is 0 Å². The molecule has 0 bridgehead atoms. The molecule has 0 aliphatic rings. The van der Waals surface area contributed by atoms with Crippen LogP contribution >= 0.6 is 0 Å². The molecule has 4 heteroatoms. The van der Waals surface area contributed by atoms with Crippen LogP contribution in [-0.2, 0) is 9.59 Å². The lowest BCUT2D eigenvalue weighted by molar-refractivity contribution is -0.169. The van der Waals surface area contributed by atoms with Crippen molar-refractivity contribution in [3.63, 3.8) is 0 Å².